The number of hydrogen-bond donors (Lipinski definition) is 2. The molecule has 16 heavy (non-hydrogen) atoms. The Labute approximate surface area is 105 Å². The molecular formula is C11H24ClN3O. The summed E-state index contributed by atoms with van der Waals surface area (Å²) in [5.74, 6) is 0.192. The normalized spacial score (nSPS) is 16.6. The summed E-state index contributed by atoms with van der Waals surface area (Å²) >= 11 is 0. The van der Waals surface area contributed by atoms with Crippen LogP contribution in [0.3, 0.4) is 0 Å². The number of hydrogen-bond acceptors (Lipinski definition) is 3. The Morgan fingerprint density at radius 1 is 1.38 bits per heavy atom. The highest BCUT2D eigenvalue weighted by atomic mass is 35.5. The van der Waals surface area contributed by atoms with E-state index in [-0.39, 0.29) is 18.3 Å². The molecule has 1 heterocycles. The Kier molecular flexibility index (Phi) is 9.68. The first-order valence-electron chi connectivity index (χ1n) is 6.02. The van der Waals surface area contributed by atoms with E-state index >= 15 is 0 Å². The standard InChI is InChI=1S/C11H23N3O.ClH/c1-2-4-11(15)13-5-3-8-14-9-6-12-7-10-14;/h12H,2-10H2,1H3,(H,13,15);1H. The first-order valence-corrected chi connectivity index (χ1v) is 6.02. The molecule has 0 saturated carbocycles. The van der Waals surface area contributed by atoms with Crippen LogP contribution in [0.25, 0.3) is 0 Å². The summed E-state index contributed by atoms with van der Waals surface area (Å²) in [7, 11) is 0. The van der Waals surface area contributed by atoms with Crippen molar-refractivity contribution in [3.63, 3.8) is 0 Å². The predicted octanol–water partition coefficient (Wildman–Crippen LogP) is 0.620. The summed E-state index contributed by atoms with van der Waals surface area (Å²) in [5.41, 5.74) is 0. The van der Waals surface area contributed by atoms with E-state index in [0.29, 0.717) is 6.42 Å². The second-order valence-electron chi connectivity index (χ2n) is 4.05. The van der Waals surface area contributed by atoms with Crippen molar-refractivity contribution in [1.29, 1.82) is 0 Å². The van der Waals surface area contributed by atoms with Crippen molar-refractivity contribution in [2.45, 2.75) is 26.2 Å². The lowest BCUT2D eigenvalue weighted by molar-refractivity contribution is -0.121. The molecule has 0 unspecified atom stereocenters. The third-order valence-corrected chi connectivity index (χ3v) is 2.66. The van der Waals surface area contributed by atoms with E-state index in [1.807, 2.05) is 6.92 Å². The zero-order valence-electron chi connectivity index (χ0n) is 10.1. The molecule has 0 aliphatic carbocycles. The van der Waals surface area contributed by atoms with Crippen molar-refractivity contribution in [3.8, 4) is 0 Å². The summed E-state index contributed by atoms with van der Waals surface area (Å²) in [6.07, 6.45) is 2.66. The highest BCUT2D eigenvalue weighted by molar-refractivity contribution is 5.85. The first kappa shape index (κ1) is 15.7. The van der Waals surface area contributed by atoms with Crippen LogP contribution in [0.4, 0.5) is 0 Å². The van der Waals surface area contributed by atoms with Gasteiger partial charge in [0.15, 0.2) is 0 Å². The molecular weight excluding hydrogens is 226 g/mol. The van der Waals surface area contributed by atoms with E-state index < -0.39 is 0 Å². The Balaban J connectivity index is 0.00000225. The van der Waals surface area contributed by atoms with E-state index in [1.165, 1.54) is 0 Å². The van der Waals surface area contributed by atoms with E-state index in [0.717, 1.165) is 52.1 Å². The molecule has 1 amide bonds. The average Bonchev–Trinajstić information content (AvgIpc) is 2.26. The Bertz CT molecular complexity index is 184. The van der Waals surface area contributed by atoms with E-state index in [9.17, 15) is 4.79 Å². The van der Waals surface area contributed by atoms with Crippen LogP contribution in [0.15, 0.2) is 0 Å². The van der Waals surface area contributed by atoms with Gasteiger partial charge in [-0.05, 0) is 19.4 Å². The zero-order valence-corrected chi connectivity index (χ0v) is 10.9. The number of rotatable bonds is 6. The summed E-state index contributed by atoms with van der Waals surface area (Å²) in [5, 5.41) is 6.27. The van der Waals surface area contributed by atoms with Crippen LogP contribution in [0.5, 0.6) is 0 Å². The molecule has 2 N–H and O–H groups in total. The van der Waals surface area contributed by atoms with Crippen molar-refractivity contribution in [3.05, 3.63) is 0 Å². The van der Waals surface area contributed by atoms with Crippen LogP contribution in [-0.4, -0.2) is 50.1 Å². The number of nitrogens with one attached hydrogen (secondary N) is 2. The van der Waals surface area contributed by atoms with Crippen molar-refractivity contribution in [1.82, 2.24) is 15.5 Å². The van der Waals surface area contributed by atoms with Gasteiger partial charge in [0.05, 0.1) is 0 Å². The van der Waals surface area contributed by atoms with Crippen LogP contribution >= 0.6 is 12.4 Å². The fourth-order valence-corrected chi connectivity index (χ4v) is 1.78. The molecule has 0 aromatic rings. The lowest BCUT2D eigenvalue weighted by atomic mass is 10.3. The molecule has 4 nitrogen and oxygen atoms in total. The number of nitrogens with zero attached hydrogens (tertiary/aromatic N) is 1. The third kappa shape index (κ3) is 7.04. The number of carbonyl (C=O) groups is 1. The maximum Gasteiger partial charge on any atom is 0.219 e. The minimum absolute atomic E-state index is 0. The zero-order chi connectivity index (χ0) is 10.9. The van der Waals surface area contributed by atoms with E-state index in [1.54, 1.807) is 0 Å². The van der Waals surface area contributed by atoms with Gasteiger partial charge >= 0.3 is 0 Å². The monoisotopic (exact) mass is 249 g/mol. The molecule has 0 spiro atoms. The van der Waals surface area contributed by atoms with Gasteiger partial charge in [-0.2, -0.15) is 0 Å². The van der Waals surface area contributed by atoms with Gasteiger partial charge in [-0.3, -0.25) is 4.79 Å². The topological polar surface area (TPSA) is 44.4 Å². The lowest BCUT2D eigenvalue weighted by Gasteiger charge is -2.27. The fourth-order valence-electron chi connectivity index (χ4n) is 1.78. The van der Waals surface area contributed by atoms with Crippen molar-refractivity contribution in [2.24, 2.45) is 0 Å². The average molecular weight is 250 g/mol. The van der Waals surface area contributed by atoms with Gasteiger partial charge in [-0.1, -0.05) is 6.92 Å². The highest BCUT2D eigenvalue weighted by Crippen LogP contribution is 1.93. The molecule has 1 aliphatic rings. The first-order chi connectivity index (χ1) is 7.33. The quantitative estimate of drug-likeness (QED) is 0.679. The maximum absolute atomic E-state index is 11.2. The minimum atomic E-state index is 0. The van der Waals surface area contributed by atoms with Gasteiger partial charge in [0.1, 0.15) is 0 Å². The van der Waals surface area contributed by atoms with Gasteiger partial charge in [0.2, 0.25) is 5.91 Å². The lowest BCUT2D eigenvalue weighted by Crippen LogP contribution is -2.44. The third-order valence-electron chi connectivity index (χ3n) is 2.66. The molecule has 1 fully saturated rings. The van der Waals surface area contributed by atoms with Gasteiger partial charge in [-0.15, -0.1) is 12.4 Å². The SMILES string of the molecule is CCCC(=O)NCCCN1CCNCC1.Cl. The van der Waals surface area contributed by atoms with Gasteiger partial charge in [-0.25, -0.2) is 0 Å². The van der Waals surface area contributed by atoms with Crippen molar-refractivity contribution < 1.29 is 4.79 Å². The minimum Gasteiger partial charge on any atom is -0.356 e. The summed E-state index contributed by atoms with van der Waals surface area (Å²) < 4.78 is 0. The van der Waals surface area contributed by atoms with Crippen LogP contribution in [0.2, 0.25) is 0 Å². The van der Waals surface area contributed by atoms with Crippen molar-refractivity contribution in [2.75, 3.05) is 39.3 Å². The number of carbonyl (C=O) groups excluding carboxylic acids is 1. The predicted molar refractivity (Wildman–Crippen MR) is 69.1 cm³/mol. The number of amides is 1. The van der Waals surface area contributed by atoms with Gasteiger partial charge in [0.25, 0.3) is 0 Å². The second kappa shape index (κ2) is 9.87. The molecule has 1 rings (SSSR count). The number of halogens is 1. The van der Waals surface area contributed by atoms with Gasteiger partial charge in [0, 0.05) is 39.1 Å². The van der Waals surface area contributed by atoms with Crippen LogP contribution in [-0.2, 0) is 4.79 Å². The second-order valence-corrected chi connectivity index (χ2v) is 4.05. The van der Waals surface area contributed by atoms with Gasteiger partial charge < -0.3 is 15.5 Å². The summed E-state index contributed by atoms with van der Waals surface area (Å²) in [4.78, 5) is 13.6. The molecule has 1 saturated heterocycles. The van der Waals surface area contributed by atoms with E-state index in [4.69, 9.17) is 0 Å². The molecule has 0 aromatic heterocycles. The highest BCUT2D eigenvalue weighted by Gasteiger charge is 2.08. The van der Waals surface area contributed by atoms with Crippen LogP contribution in [0, 0.1) is 0 Å². The maximum atomic E-state index is 11.2. The Morgan fingerprint density at radius 2 is 2.06 bits per heavy atom. The Hall–Kier alpha value is -0.320. The molecule has 0 bridgehead atoms. The molecule has 5 heteroatoms. The van der Waals surface area contributed by atoms with E-state index in [2.05, 4.69) is 15.5 Å². The molecule has 0 radical (unpaired) electrons. The molecule has 1 aliphatic heterocycles. The fraction of sp³-hybridized carbons (Fsp3) is 0.909. The summed E-state index contributed by atoms with van der Waals surface area (Å²) in [6.45, 7) is 8.44. The van der Waals surface area contributed by atoms with Crippen molar-refractivity contribution >= 4 is 18.3 Å². The largest absolute Gasteiger partial charge is 0.356 e. The molecule has 0 aromatic carbocycles. The molecule has 96 valence electrons. The molecule has 0 atom stereocenters. The van der Waals surface area contributed by atoms with Crippen LogP contribution in [0.1, 0.15) is 26.2 Å². The number of piperazine rings is 1. The smallest absolute Gasteiger partial charge is 0.219 e. The van der Waals surface area contributed by atoms with Crippen LogP contribution < -0.4 is 10.6 Å². The Morgan fingerprint density at radius 3 is 2.69 bits per heavy atom. The summed E-state index contributed by atoms with van der Waals surface area (Å²) in [6, 6.07) is 0.